The van der Waals surface area contributed by atoms with E-state index in [1.165, 1.54) is 0 Å². The van der Waals surface area contributed by atoms with Crippen LogP contribution in [0, 0.1) is 0 Å². The molecule has 0 radical (unpaired) electrons. The summed E-state index contributed by atoms with van der Waals surface area (Å²) in [6, 6.07) is 9.10. The molecule has 3 rings (SSSR count). The summed E-state index contributed by atoms with van der Waals surface area (Å²) in [6.45, 7) is 1.85. The second-order valence-electron chi connectivity index (χ2n) is 6.52. The van der Waals surface area contributed by atoms with Crippen molar-refractivity contribution in [3.05, 3.63) is 41.1 Å². The highest BCUT2D eigenvalue weighted by atomic mass is 35.5. The number of benzene rings is 1. The fraction of sp³-hybridized carbons (Fsp3) is 0.474. The summed E-state index contributed by atoms with van der Waals surface area (Å²) in [7, 11) is 1.79. The maximum atomic E-state index is 12.2. The largest absolute Gasteiger partial charge is 0.378 e. The summed E-state index contributed by atoms with van der Waals surface area (Å²) in [5.41, 5.74) is 1.46. The van der Waals surface area contributed by atoms with Gasteiger partial charge in [0.15, 0.2) is 5.76 Å². The lowest BCUT2D eigenvalue weighted by Gasteiger charge is -2.18. The van der Waals surface area contributed by atoms with Crippen molar-refractivity contribution in [3.8, 4) is 11.3 Å². The van der Waals surface area contributed by atoms with E-state index in [1.807, 2.05) is 18.2 Å². The Balaban J connectivity index is 1.43. The molecule has 2 aromatic rings. The number of nitrogens with zero attached hydrogens (tertiary/aromatic N) is 2. The van der Waals surface area contributed by atoms with E-state index in [2.05, 4.69) is 10.5 Å². The van der Waals surface area contributed by atoms with Crippen LogP contribution in [0.3, 0.4) is 0 Å². The smallest absolute Gasteiger partial charge is 0.317 e. The number of halogens is 1. The Kier molecular flexibility index (Phi) is 6.52. The first-order valence-electron chi connectivity index (χ1n) is 8.94. The Bertz CT molecular complexity index is 728. The quantitative estimate of drug-likeness (QED) is 0.788. The van der Waals surface area contributed by atoms with Gasteiger partial charge in [0.25, 0.3) is 0 Å². The lowest BCUT2D eigenvalue weighted by molar-refractivity contribution is 0.100. The average molecular weight is 378 g/mol. The number of carbonyl (C=O) groups is 1. The average Bonchev–Trinajstić information content (AvgIpc) is 3.32. The van der Waals surface area contributed by atoms with Gasteiger partial charge in [0.05, 0.1) is 17.7 Å². The molecule has 1 N–H and O–H groups in total. The van der Waals surface area contributed by atoms with Gasteiger partial charge in [0.1, 0.15) is 5.69 Å². The molecule has 1 fully saturated rings. The molecule has 1 atom stereocenters. The minimum absolute atomic E-state index is 0.131. The first-order chi connectivity index (χ1) is 12.6. The summed E-state index contributed by atoms with van der Waals surface area (Å²) in [5.74, 6) is 0.584. The molecule has 0 unspecified atom stereocenters. The van der Waals surface area contributed by atoms with Crippen LogP contribution in [-0.4, -0.2) is 42.4 Å². The molecule has 1 aromatic heterocycles. The predicted octanol–water partition coefficient (Wildman–Crippen LogP) is 4.10. The van der Waals surface area contributed by atoms with Gasteiger partial charge in [0, 0.05) is 31.8 Å². The molecule has 0 aliphatic carbocycles. The van der Waals surface area contributed by atoms with Gasteiger partial charge in [-0.2, -0.15) is 0 Å². The zero-order chi connectivity index (χ0) is 18.4. The van der Waals surface area contributed by atoms with Crippen LogP contribution in [-0.2, 0) is 11.3 Å². The molecular weight excluding hydrogens is 354 g/mol. The Labute approximate surface area is 158 Å². The van der Waals surface area contributed by atoms with E-state index in [0.717, 1.165) is 37.9 Å². The highest BCUT2D eigenvalue weighted by molar-refractivity contribution is 6.33. The van der Waals surface area contributed by atoms with Crippen molar-refractivity contribution in [1.82, 2.24) is 15.4 Å². The minimum Gasteiger partial charge on any atom is -0.378 e. The molecule has 140 valence electrons. The number of carbonyl (C=O) groups excluding carboxylic acids is 1. The zero-order valence-electron chi connectivity index (χ0n) is 14.9. The van der Waals surface area contributed by atoms with E-state index in [1.54, 1.807) is 24.1 Å². The van der Waals surface area contributed by atoms with Crippen molar-refractivity contribution in [2.24, 2.45) is 0 Å². The van der Waals surface area contributed by atoms with Crippen LogP contribution in [0.1, 0.15) is 31.4 Å². The van der Waals surface area contributed by atoms with Crippen molar-refractivity contribution in [2.75, 3.05) is 20.2 Å². The van der Waals surface area contributed by atoms with Crippen molar-refractivity contribution in [1.29, 1.82) is 0 Å². The molecule has 2 heterocycles. The first-order valence-corrected chi connectivity index (χ1v) is 9.32. The number of nitrogens with one attached hydrogen (secondary N) is 1. The Morgan fingerprint density at radius 1 is 1.42 bits per heavy atom. The van der Waals surface area contributed by atoms with E-state index in [0.29, 0.717) is 29.1 Å². The monoisotopic (exact) mass is 377 g/mol. The van der Waals surface area contributed by atoms with Crippen LogP contribution in [0.25, 0.3) is 11.3 Å². The molecule has 7 heteroatoms. The third-order valence-electron chi connectivity index (χ3n) is 4.51. The van der Waals surface area contributed by atoms with Crippen LogP contribution in [0.4, 0.5) is 4.79 Å². The Morgan fingerprint density at radius 3 is 3.04 bits per heavy atom. The summed E-state index contributed by atoms with van der Waals surface area (Å²) >= 11 is 6.17. The van der Waals surface area contributed by atoms with Crippen LogP contribution in [0.15, 0.2) is 34.9 Å². The third-order valence-corrected chi connectivity index (χ3v) is 4.84. The highest BCUT2D eigenvalue weighted by Gasteiger charge is 2.16. The third kappa shape index (κ3) is 4.99. The Morgan fingerprint density at radius 2 is 2.27 bits per heavy atom. The number of hydrogen-bond donors (Lipinski definition) is 1. The lowest BCUT2D eigenvalue weighted by atomic mass is 10.1. The molecule has 1 aliphatic heterocycles. The maximum Gasteiger partial charge on any atom is 0.317 e. The fourth-order valence-corrected chi connectivity index (χ4v) is 3.25. The first kappa shape index (κ1) is 18.7. The minimum atomic E-state index is -0.131. The SMILES string of the molecule is CN(CCC[C@@H]1CCCO1)C(=O)NCc1cc(-c2ccccc2Cl)no1. The number of hydrogen-bond acceptors (Lipinski definition) is 4. The summed E-state index contributed by atoms with van der Waals surface area (Å²) in [6.07, 6.45) is 4.58. The zero-order valence-corrected chi connectivity index (χ0v) is 15.7. The number of rotatable bonds is 7. The summed E-state index contributed by atoms with van der Waals surface area (Å²) < 4.78 is 10.9. The van der Waals surface area contributed by atoms with Crippen LogP contribution >= 0.6 is 11.6 Å². The van der Waals surface area contributed by atoms with Gasteiger partial charge in [-0.05, 0) is 31.7 Å². The number of aromatic nitrogens is 1. The standard InChI is InChI=1S/C19H24ClN3O3/c1-23(10-4-6-14-7-5-11-25-14)19(24)21-13-15-12-18(22-26-15)16-8-2-3-9-17(16)20/h2-3,8-9,12,14H,4-7,10-11,13H2,1H3,(H,21,24)/t14-/m1/s1. The second-order valence-corrected chi connectivity index (χ2v) is 6.92. The van der Waals surface area contributed by atoms with Crippen molar-refractivity contribution in [2.45, 2.75) is 38.3 Å². The normalized spacial score (nSPS) is 16.6. The van der Waals surface area contributed by atoms with Crippen LogP contribution in [0.5, 0.6) is 0 Å². The summed E-state index contributed by atoms with van der Waals surface area (Å²) in [5, 5.41) is 7.48. The topological polar surface area (TPSA) is 67.6 Å². The van der Waals surface area contributed by atoms with E-state index in [4.69, 9.17) is 20.9 Å². The van der Waals surface area contributed by atoms with E-state index < -0.39 is 0 Å². The summed E-state index contributed by atoms with van der Waals surface area (Å²) in [4.78, 5) is 13.9. The molecule has 0 saturated carbocycles. The Hall–Kier alpha value is -2.05. The molecule has 2 amide bonds. The number of urea groups is 1. The van der Waals surface area contributed by atoms with E-state index in [-0.39, 0.29) is 12.6 Å². The van der Waals surface area contributed by atoms with Gasteiger partial charge in [-0.3, -0.25) is 0 Å². The molecular formula is C19H24ClN3O3. The molecule has 1 saturated heterocycles. The molecule has 6 nitrogen and oxygen atoms in total. The van der Waals surface area contributed by atoms with Crippen LogP contribution < -0.4 is 5.32 Å². The van der Waals surface area contributed by atoms with Gasteiger partial charge in [-0.25, -0.2) is 4.79 Å². The lowest BCUT2D eigenvalue weighted by Crippen LogP contribution is -2.37. The van der Waals surface area contributed by atoms with Crippen molar-refractivity contribution < 1.29 is 14.1 Å². The molecule has 0 spiro atoms. The molecule has 0 bridgehead atoms. The van der Waals surface area contributed by atoms with Crippen molar-refractivity contribution >= 4 is 17.6 Å². The van der Waals surface area contributed by atoms with Gasteiger partial charge < -0.3 is 19.5 Å². The van der Waals surface area contributed by atoms with Gasteiger partial charge >= 0.3 is 6.03 Å². The fourth-order valence-electron chi connectivity index (χ4n) is 3.02. The highest BCUT2D eigenvalue weighted by Crippen LogP contribution is 2.26. The van der Waals surface area contributed by atoms with E-state index in [9.17, 15) is 4.79 Å². The molecule has 1 aromatic carbocycles. The molecule has 26 heavy (non-hydrogen) atoms. The second kappa shape index (κ2) is 9.05. The van der Waals surface area contributed by atoms with E-state index >= 15 is 0 Å². The predicted molar refractivity (Wildman–Crippen MR) is 100 cm³/mol. The van der Waals surface area contributed by atoms with Gasteiger partial charge in [0.2, 0.25) is 0 Å². The van der Waals surface area contributed by atoms with Gasteiger partial charge in [-0.1, -0.05) is 35.0 Å². The number of ether oxygens (including phenoxy) is 1. The maximum absolute atomic E-state index is 12.2. The number of amides is 2. The van der Waals surface area contributed by atoms with Crippen LogP contribution in [0.2, 0.25) is 5.02 Å². The van der Waals surface area contributed by atoms with Gasteiger partial charge in [-0.15, -0.1) is 0 Å². The van der Waals surface area contributed by atoms with Crippen molar-refractivity contribution in [3.63, 3.8) is 0 Å². The molecule has 1 aliphatic rings.